The molecule has 1 aromatic carbocycles. The van der Waals surface area contributed by atoms with Crippen LogP contribution in [0.2, 0.25) is 0 Å². The summed E-state index contributed by atoms with van der Waals surface area (Å²) >= 11 is 0. The summed E-state index contributed by atoms with van der Waals surface area (Å²) < 4.78 is 5.92. The number of urea groups is 1. The predicted molar refractivity (Wildman–Crippen MR) is 92.7 cm³/mol. The van der Waals surface area contributed by atoms with E-state index in [2.05, 4.69) is 5.32 Å². The van der Waals surface area contributed by atoms with E-state index < -0.39 is 0 Å². The summed E-state index contributed by atoms with van der Waals surface area (Å²) in [6, 6.07) is 7.80. The fraction of sp³-hybridized carbons (Fsp3) is 0.556. The first-order chi connectivity index (χ1) is 11.4. The van der Waals surface area contributed by atoms with Gasteiger partial charge in [-0.15, -0.1) is 0 Å². The molecule has 0 aliphatic carbocycles. The molecule has 6 heteroatoms. The van der Waals surface area contributed by atoms with Crippen molar-refractivity contribution in [3.8, 4) is 0 Å². The number of likely N-dealkylation sites (N-methyl/N-ethyl adjacent to an activating group) is 1. The Morgan fingerprint density at radius 3 is 2.75 bits per heavy atom. The van der Waals surface area contributed by atoms with Gasteiger partial charge in [0.2, 0.25) is 5.91 Å². The van der Waals surface area contributed by atoms with Gasteiger partial charge in [0, 0.05) is 13.6 Å². The molecule has 1 N–H and O–H groups in total. The molecule has 0 aromatic heterocycles. The third-order valence-electron chi connectivity index (χ3n) is 4.52. The number of hydrogen-bond acceptors (Lipinski definition) is 3. The summed E-state index contributed by atoms with van der Waals surface area (Å²) in [6.07, 6.45) is -0.137. The number of hydrogen-bond donors (Lipinski definition) is 1. The normalized spacial score (nSPS) is 20.6. The maximum atomic E-state index is 12.5. The average Bonchev–Trinajstić information content (AvgIpc) is 2.59. The second-order valence-electron chi connectivity index (χ2n) is 6.25. The molecule has 0 bridgehead atoms. The second-order valence-corrected chi connectivity index (χ2v) is 6.25. The third-order valence-corrected chi connectivity index (χ3v) is 4.52. The highest BCUT2D eigenvalue weighted by Crippen LogP contribution is 2.27. The number of ether oxygens (including phenoxy) is 1. The van der Waals surface area contributed by atoms with Crippen molar-refractivity contribution in [3.63, 3.8) is 0 Å². The van der Waals surface area contributed by atoms with Gasteiger partial charge in [0.25, 0.3) is 0 Å². The lowest BCUT2D eigenvalue weighted by Crippen LogP contribution is -2.53. The molecule has 0 spiro atoms. The van der Waals surface area contributed by atoms with Crippen LogP contribution in [0.1, 0.15) is 31.1 Å². The van der Waals surface area contributed by atoms with Crippen LogP contribution in [0.3, 0.4) is 0 Å². The van der Waals surface area contributed by atoms with Crippen molar-refractivity contribution in [3.05, 3.63) is 35.4 Å². The summed E-state index contributed by atoms with van der Waals surface area (Å²) in [5, 5.41) is 2.72. The minimum absolute atomic E-state index is 0.0162. The van der Waals surface area contributed by atoms with Crippen LogP contribution < -0.4 is 5.32 Å². The van der Waals surface area contributed by atoms with Gasteiger partial charge in [-0.1, -0.05) is 24.3 Å². The largest absolute Gasteiger partial charge is 0.370 e. The third kappa shape index (κ3) is 4.26. The molecule has 1 heterocycles. The van der Waals surface area contributed by atoms with E-state index in [0.29, 0.717) is 19.7 Å². The quantitative estimate of drug-likeness (QED) is 0.916. The van der Waals surface area contributed by atoms with E-state index in [0.717, 1.165) is 11.1 Å². The van der Waals surface area contributed by atoms with Crippen molar-refractivity contribution in [2.24, 2.45) is 0 Å². The van der Waals surface area contributed by atoms with Crippen molar-refractivity contribution < 1.29 is 14.3 Å². The molecule has 0 unspecified atom stereocenters. The smallest absolute Gasteiger partial charge is 0.318 e. The Labute approximate surface area is 143 Å². The molecule has 0 saturated carbocycles. The fourth-order valence-electron chi connectivity index (χ4n) is 2.74. The molecular weight excluding hydrogens is 306 g/mol. The number of nitrogens with zero attached hydrogens (tertiary/aromatic N) is 2. The van der Waals surface area contributed by atoms with Gasteiger partial charge in [-0.3, -0.25) is 4.79 Å². The standard InChI is InChI=1S/C18H27N3O3/c1-5-20(4)17(22)10-19-18(23)21-11-16(24-12-14(21)3)15-9-7-6-8-13(15)2/h6-9,14,16H,5,10-12H2,1-4H3,(H,19,23)/t14-,16+/m1/s1. The molecule has 1 saturated heterocycles. The predicted octanol–water partition coefficient (Wildman–Crippen LogP) is 1.94. The number of aryl methyl sites for hydroxylation is 1. The minimum Gasteiger partial charge on any atom is -0.370 e. The highest BCUT2D eigenvalue weighted by molar-refractivity contribution is 5.84. The zero-order valence-corrected chi connectivity index (χ0v) is 14.9. The van der Waals surface area contributed by atoms with E-state index in [9.17, 15) is 9.59 Å². The molecule has 24 heavy (non-hydrogen) atoms. The van der Waals surface area contributed by atoms with Gasteiger partial charge >= 0.3 is 6.03 Å². The number of rotatable bonds is 4. The Bertz CT molecular complexity index is 591. The SMILES string of the molecule is CCN(C)C(=O)CNC(=O)N1C[C@@H](c2ccccc2C)OC[C@H]1C. The van der Waals surface area contributed by atoms with Crippen LogP contribution in [0.4, 0.5) is 4.79 Å². The lowest BCUT2D eigenvalue weighted by molar-refractivity contribution is -0.128. The monoisotopic (exact) mass is 333 g/mol. The summed E-state index contributed by atoms with van der Waals surface area (Å²) in [6.45, 7) is 7.50. The van der Waals surface area contributed by atoms with E-state index >= 15 is 0 Å². The highest BCUT2D eigenvalue weighted by atomic mass is 16.5. The van der Waals surface area contributed by atoms with Gasteiger partial charge in [0.15, 0.2) is 0 Å². The van der Waals surface area contributed by atoms with Crippen LogP contribution in [0.15, 0.2) is 24.3 Å². The number of nitrogens with one attached hydrogen (secondary N) is 1. The number of carbonyl (C=O) groups excluding carboxylic acids is 2. The summed E-state index contributed by atoms with van der Waals surface area (Å²) in [4.78, 5) is 27.6. The first-order valence-electron chi connectivity index (χ1n) is 8.39. The minimum atomic E-state index is -0.220. The van der Waals surface area contributed by atoms with Gasteiger partial charge in [0.1, 0.15) is 6.10 Å². The zero-order chi connectivity index (χ0) is 17.7. The maximum Gasteiger partial charge on any atom is 0.318 e. The van der Waals surface area contributed by atoms with E-state index in [1.165, 1.54) is 0 Å². The Balaban J connectivity index is 1.99. The van der Waals surface area contributed by atoms with Gasteiger partial charge in [-0.2, -0.15) is 0 Å². The number of morpholine rings is 1. The molecule has 0 radical (unpaired) electrons. The Kier molecular flexibility index (Phi) is 6.20. The maximum absolute atomic E-state index is 12.5. The number of amides is 3. The van der Waals surface area contributed by atoms with Crippen molar-refractivity contribution in [2.75, 3.05) is 33.3 Å². The second kappa shape index (κ2) is 8.15. The molecule has 1 fully saturated rings. The van der Waals surface area contributed by atoms with E-state index in [1.54, 1.807) is 16.8 Å². The first kappa shape index (κ1) is 18.3. The molecule has 132 valence electrons. The summed E-state index contributed by atoms with van der Waals surface area (Å²) in [5.74, 6) is -0.0952. The van der Waals surface area contributed by atoms with Gasteiger partial charge in [-0.05, 0) is 31.9 Å². The van der Waals surface area contributed by atoms with Crippen molar-refractivity contribution in [2.45, 2.75) is 32.9 Å². The van der Waals surface area contributed by atoms with Crippen LogP contribution in [0.25, 0.3) is 0 Å². The van der Waals surface area contributed by atoms with Crippen molar-refractivity contribution in [1.29, 1.82) is 0 Å². The van der Waals surface area contributed by atoms with Gasteiger partial charge < -0.3 is 19.9 Å². The molecular formula is C18H27N3O3. The lowest BCUT2D eigenvalue weighted by atomic mass is 10.0. The van der Waals surface area contributed by atoms with E-state index in [-0.39, 0.29) is 30.6 Å². The van der Waals surface area contributed by atoms with Crippen LogP contribution in [-0.4, -0.2) is 61.1 Å². The van der Waals surface area contributed by atoms with E-state index in [1.807, 2.05) is 45.0 Å². The molecule has 2 atom stereocenters. The Morgan fingerprint density at radius 2 is 2.08 bits per heavy atom. The van der Waals surface area contributed by atoms with Crippen molar-refractivity contribution >= 4 is 11.9 Å². The Hall–Kier alpha value is -2.08. The highest BCUT2D eigenvalue weighted by Gasteiger charge is 2.31. The van der Waals surface area contributed by atoms with E-state index in [4.69, 9.17) is 4.74 Å². The van der Waals surface area contributed by atoms with Crippen LogP contribution >= 0.6 is 0 Å². The lowest BCUT2D eigenvalue weighted by Gasteiger charge is -2.38. The van der Waals surface area contributed by atoms with Gasteiger partial charge in [-0.25, -0.2) is 4.79 Å². The Morgan fingerprint density at radius 1 is 1.38 bits per heavy atom. The fourth-order valence-corrected chi connectivity index (χ4v) is 2.74. The molecule has 1 aliphatic heterocycles. The van der Waals surface area contributed by atoms with Crippen LogP contribution in [-0.2, 0) is 9.53 Å². The molecule has 1 aromatic rings. The van der Waals surface area contributed by atoms with Gasteiger partial charge in [0.05, 0.1) is 25.7 Å². The van der Waals surface area contributed by atoms with Crippen LogP contribution in [0.5, 0.6) is 0 Å². The summed E-state index contributed by atoms with van der Waals surface area (Å²) in [7, 11) is 1.72. The molecule has 3 amide bonds. The van der Waals surface area contributed by atoms with Crippen LogP contribution in [0, 0.1) is 6.92 Å². The molecule has 6 nitrogen and oxygen atoms in total. The summed E-state index contributed by atoms with van der Waals surface area (Å²) in [5.41, 5.74) is 2.25. The van der Waals surface area contributed by atoms with Crippen molar-refractivity contribution in [1.82, 2.24) is 15.1 Å². The first-order valence-corrected chi connectivity index (χ1v) is 8.39. The number of carbonyl (C=O) groups is 2. The molecule has 2 rings (SSSR count). The topological polar surface area (TPSA) is 61.9 Å². The average molecular weight is 333 g/mol. The molecule has 1 aliphatic rings. The number of benzene rings is 1. The zero-order valence-electron chi connectivity index (χ0n) is 14.9.